The van der Waals surface area contributed by atoms with Gasteiger partial charge in [-0.3, -0.25) is 9.80 Å². The molecule has 15 heavy (non-hydrogen) atoms. The Kier molecular flexibility index (Phi) is 4.56. The highest BCUT2D eigenvalue weighted by atomic mass is 16.3. The molecule has 1 aliphatic rings. The minimum Gasteiger partial charge on any atom is -0.393 e. The van der Waals surface area contributed by atoms with E-state index in [0.717, 1.165) is 19.5 Å². The molecule has 1 fully saturated rings. The summed E-state index contributed by atoms with van der Waals surface area (Å²) in [6.45, 7) is 10.9. The maximum absolute atomic E-state index is 9.40. The first-order valence-corrected chi connectivity index (χ1v) is 6.05. The number of hydrogen-bond acceptors (Lipinski definition) is 3. The summed E-state index contributed by atoms with van der Waals surface area (Å²) in [6.07, 6.45) is 0.689. The monoisotopic (exact) mass is 214 g/mol. The van der Waals surface area contributed by atoms with Crippen LogP contribution in [0, 0.1) is 0 Å². The van der Waals surface area contributed by atoms with Gasteiger partial charge in [0.05, 0.1) is 6.10 Å². The summed E-state index contributed by atoms with van der Waals surface area (Å²) < 4.78 is 0. The van der Waals surface area contributed by atoms with Crippen molar-refractivity contribution in [3.05, 3.63) is 0 Å². The summed E-state index contributed by atoms with van der Waals surface area (Å²) in [6, 6.07) is 1.72. The van der Waals surface area contributed by atoms with Gasteiger partial charge in [-0.25, -0.2) is 0 Å². The third-order valence-electron chi connectivity index (χ3n) is 3.69. The summed E-state index contributed by atoms with van der Waals surface area (Å²) in [5, 5.41) is 9.40. The molecule has 4 atom stereocenters. The van der Waals surface area contributed by atoms with E-state index in [-0.39, 0.29) is 6.10 Å². The van der Waals surface area contributed by atoms with Crippen molar-refractivity contribution in [2.75, 3.05) is 20.1 Å². The quantitative estimate of drug-likeness (QED) is 0.764. The fourth-order valence-corrected chi connectivity index (χ4v) is 2.45. The van der Waals surface area contributed by atoms with Crippen molar-refractivity contribution in [1.82, 2.24) is 9.80 Å². The van der Waals surface area contributed by atoms with E-state index in [0.29, 0.717) is 18.1 Å². The largest absolute Gasteiger partial charge is 0.393 e. The van der Waals surface area contributed by atoms with Crippen LogP contribution in [-0.4, -0.2) is 59.3 Å². The average Bonchev–Trinajstić information content (AvgIpc) is 2.12. The number of aliphatic hydroxyl groups is 1. The molecule has 0 spiro atoms. The molecule has 4 unspecified atom stereocenters. The third kappa shape index (κ3) is 3.44. The summed E-state index contributed by atoms with van der Waals surface area (Å²) >= 11 is 0. The molecule has 3 heteroatoms. The maximum Gasteiger partial charge on any atom is 0.0526 e. The van der Waals surface area contributed by atoms with Crippen molar-refractivity contribution >= 4 is 0 Å². The van der Waals surface area contributed by atoms with Gasteiger partial charge in [0.25, 0.3) is 0 Å². The zero-order chi connectivity index (χ0) is 11.6. The second-order valence-corrected chi connectivity index (χ2v) is 5.25. The first-order valence-electron chi connectivity index (χ1n) is 6.05. The lowest BCUT2D eigenvalue weighted by Crippen LogP contribution is -2.57. The summed E-state index contributed by atoms with van der Waals surface area (Å²) in [5.41, 5.74) is 0. The number of nitrogens with zero attached hydrogens (tertiary/aromatic N) is 2. The second-order valence-electron chi connectivity index (χ2n) is 5.25. The lowest BCUT2D eigenvalue weighted by molar-refractivity contribution is 0.0239. The minimum atomic E-state index is -0.190. The lowest BCUT2D eigenvalue weighted by atomic mass is 10.0. The van der Waals surface area contributed by atoms with Gasteiger partial charge in [-0.1, -0.05) is 0 Å². The molecule has 0 aromatic rings. The number of rotatable bonds is 3. The molecule has 1 saturated heterocycles. The summed E-state index contributed by atoms with van der Waals surface area (Å²) in [7, 11) is 2.20. The molecule has 1 heterocycles. The van der Waals surface area contributed by atoms with Crippen molar-refractivity contribution in [2.45, 2.75) is 58.3 Å². The van der Waals surface area contributed by atoms with E-state index in [4.69, 9.17) is 0 Å². The van der Waals surface area contributed by atoms with Crippen molar-refractivity contribution < 1.29 is 5.11 Å². The van der Waals surface area contributed by atoms with Gasteiger partial charge in [0.15, 0.2) is 0 Å². The Morgan fingerprint density at radius 1 is 1.20 bits per heavy atom. The number of piperazine rings is 1. The molecular formula is C12H26N2O. The number of aliphatic hydroxyl groups excluding tert-OH is 1. The first-order chi connectivity index (χ1) is 6.91. The topological polar surface area (TPSA) is 26.7 Å². The molecule has 3 nitrogen and oxygen atoms in total. The van der Waals surface area contributed by atoms with Gasteiger partial charge in [0.1, 0.15) is 0 Å². The molecule has 0 radical (unpaired) electrons. The van der Waals surface area contributed by atoms with E-state index >= 15 is 0 Å². The van der Waals surface area contributed by atoms with Crippen molar-refractivity contribution in [3.8, 4) is 0 Å². The van der Waals surface area contributed by atoms with Gasteiger partial charge in [0.2, 0.25) is 0 Å². The van der Waals surface area contributed by atoms with Crippen molar-refractivity contribution in [3.63, 3.8) is 0 Å². The third-order valence-corrected chi connectivity index (χ3v) is 3.69. The van der Waals surface area contributed by atoms with Gasteiger partial charge in [-0.15, -0.1) is 0 Å². The normalized spacial score (nSPS) is 34.0. The molecule has 90 valence electrons. The van der Waals surface area contributed by atoms with Crippen molar-refractivity contribution in [2.24, 2.45) is 0 Å². The molecule has 0 aliphatic carbocycles. The smallest absolute Gasteiger partial charge is 0.0526 e. The number of likely N-dealkylation sites (N-methyl/N-ethyl adjacent to an activating group) is 1. The van der Waals surface area contributed by atoms with Crippen LogP contribution in [0.5, 0.6) is 0 Å². The summed E-state index contributed by atoms with van der Waals surface area (Å²) in [5.74, 6) is 0. The van der Waals surface area contributed by atoms with Gasteiger partial charge in [-0.2, -0.15) is 0 Å². The van der Waals surface area contributed by atoms with Gasteiger partial charge in [0, 0.05) is 31.2 Å². The highest BCUT2D eigenvalue weighted by Gasteiger charge is 2.29. The van der Waals surface area contributed by atoms with E-state index < -0.39 is 0 Å². The highest BCUT2D eigenvalue weighted by Crippen LogP contribution is 2.17. The fraction of sp³-hybridized carbons (Fsp3) is 1.00. The SMILES string of the molecule is CC(O)CC(C)N1CC(C)N(C)C(C)C1. The number of hydrogen-bond donors (Lipinski definition) is 1. The standard InChI is InChI=1S/C12H26N2O/c1-9(6-12(4)15)14-7-10(2)13(5)11(3)8-14/h9-12,15H,6-8H2,1-5H3. The van der Waals surface area contributed by atoms with E-state index in [2.05, 4.69) is 37.6 Å². The zero-order valence-corrected chi connectivity index (χ0v) is 10.8. The van der Waals surface area contributed by atoms with Crippen LogP contribution in [0.4, 0.5) is 0 Å². The molecular weight excluding hydrogens is 188 g/mol. The van der Waals surface area contributed by atoms with Crippen LogP contribution in [0.25, 0.3) is 0 Å². The zero-order valence-electron chi connectivity index (χ0n) is 10.8. The minimum absolute atomic E-state index is 0.190. The molecule has 0 amide bonds. The van der Waals surface area contributed by atoms with E-state index in [1.165, 1.54) is 0 Å². The van der Waals surface area contributed by atoms with Crippen LogP contribution in [0.1, 0.15) is 34.1 Å². The predicted octanol–water partition coefficient (Wildman–Crippen LogP) is 1.17. The Labute approximate surface area is 94.1 Å². The lowest BCUT2D eigenvalue weighted by Gasteiger charge is -2.45. The Hall–Kier alpha value is -0.120. The van der Waals surface area contributed by atoms with Crippen LogP contribution in [0.15, 0.2) is 0 Å². The van der Waals surface area contributed by atoms with Crippen LogP contribution < -0.4 is 0 Å². The molecule has 1 N–H and O–H groups in total. The maximum atomic E-state index is 9.40. The Morgan fingerprint density at radius 2 is 1.67 bits per heavy atom. The van der Waals surface area contributed by atoms with Crippen LogP contribution in [0.2, 0.25) is 0 Å². The van der Waals surface area contributed by atoms with Gasteiger partial charge < -0.3 is 5.11 Å². The van der Waals surface area contributed by atoms with Crippen molar-refractivity contribution in [1.29, 1.82) is 0 Å². The molecule has 1 rings (SSSR count). The summed E-state index contributed by atoms with van der Waals surface area (Å²) in [4.78, 5) is 4.94. The Balaban J connectivity index is 2.50. The Bertz CT molecular complexity index is 184. The molecule has 0 aromatic heterocycles. The Morgan fingerprint density at radius 3 is 2.07 bits per heavy atom. The van der Waals surface area contributed by atoms with E-state index in [1.54, 1.807) is 0 Å². The second kappa shape index (κ2) is 5.28. The van der Waals surface area contributed by atoms with Gasteiger partial charge in [-0.05, 0) is 41.2 Å². The van der Waals surface area contributed by atoms with Crippen LogP contribution >= 0.6 is 0 Å². The van der Waals surface area contributed by atoms with Gasteiger partial charge >= 0.3 is 0 Å². The molecule has 0 bridgehead atoms. The fourth-order valence-electron chi connectivity index (χ4n) is 2.45. The first kappa shape index (κ1) is 12.9. The molecule has 0 aromatic carbocycles. The predicted molar refractivity (Wildman–Crippen MR) is 64.0 cm³/mol. The van der Waals surface area contributed by atoms with E-state index in [9.17, 15) is 5.11 Å². The van der Waals surface area contributed by atoms with E-state index in [1.807, 2.05) is 6.92 Å². The highest BCUT2D eigenvalue weighted by molar-refractivity contribution is 4.85. The van der Waals surface area contributed by atoms with Crippen LogP contribution in [-0.2, 0) is 0 Å². The van der Waals surface area contributed by atoms with Crippen LogP contribution in [0.3, 0.4) is 0 Å². The molecule has 1 aliphatic heterocycles. The molecule has 0 saturated carbocycles. The average molecular weight is 214 g/mol.